The van der Waals surface area contributed by atoms with Gasteiger partial charge in [-0.2, -0.15) is 0 Å². The van der Waals surface area contributed by atoms with Crippen molar-refractivity contribution in [3.8, 4) is 0 Å². The number of benzene rings is 1. The maximum Gasteiger partial charge on any atom is 0.280 e. The molecule has 1 aromatic carbocycles. The molecule has 0 aliphatic carbocycles. The van der Waals surface area contributed by atoms with E-state index in [1.807, 2.05) is 20.8 Å². The molecule has 0 fully saturated rings. The minimum atomic E-state index is -1.05. The van der Waals surface area contributed by atoms with E-state index in [0.717, 1.165) is 11.5 Å². The average molecular weight is 444 g/mol. The summed E-state index contributed by atoms with van der Waals surface area (Å²) in [5, 5.41) is 8.79. The molecular weight excluding hydrogens is 422 g/mol. The largest absolute Gasteiger partial charge is 0.349 e. The van der Waals surface area contributed by atoms with Gasteiger partial charge in [0.25, 0.3) is 5.91 Å². The Hall–Kier alpha value is -2.84. The summed E-state index contributed by atoms with van der Waals surface area (Å²) < 4.78 is 3.79. The number of anilines is 1. The first-order valence-electron chi connectivity index (χ1n) is 9.42. The fourth-order valence-electron chi connectivity index (χ4n) is 2.81. The summed E-state index contributed by atoms with van der Waals surface area (Å²) in [6, 6.07) is 11.0. The molecule has 1 N–H and O–H groups in total. The Morgan fingerprint density at radius 2 is 1.93 bits per heavy atom. The normalized spacial score (nSPS) is 12.3. The molecule has 0 bridgehead atoms. The standard InChI is InChI=1S/C21H22ClN5O2S/c1-4-21(2,3)24-19(28)18(15-10-7-8-12-23-15)27(17-11-6-5-9-14(17)22)20(29)16-13-30-26-25-16/h5-13,18H,4H2,1-3H3,(H,24,28)/t18-/m1/s1. The van der Waals surface area contributed by atoms with E-state index < -0.39 is 17.5 Å². The lowest BCUT2D eigenvalue weighted by Crippen LogP contribution is -2.50. The summed E-state index contributed by atoms with van der Waals surface area (Å²) >= 11 is 7.50. The van der Waals surface area contributed by atoms with Crippen LogP contribution in [0.5, 0.6) is 0 Å². The number of hydrogen-bond donors (Lipinski definition) is 1. The van der Waals surface area contributed by atoms with Gasteiger partial charge in [-0.1, -0.05) is 41.2 Å². The van der Waals surface area contributed by atoms with E-state index in [2.05, 4.69) is 19.9 Å². The van der Waals surface area contributed by atoms with E-state index in [9.17, 15) is 9.59 Å². The van der Waals surface area contributed by atoms with Crippen LogP contribution in [0.15, 0.2) is 54.0 Å². The lowest BCUT2D eigenvalue weighted by molar-refractivity contribution is -0.124. The molecule has 30 heavy (non-hydrogen) atoms. The van der Waals surface area contributed by atoms with Gasteiger partial charge in [0, 0.05) is 17.1 Å². The Kier molecular flexibility index (Phi) is 6.79. The van der Waals surface area contributed by atoms with Crippen LogP contribution in [0.3, 0.4) is 0 Å². The van der Waals surface area contributed by atoms with Gasteiger partial charge in [0.15, 0.2) is 11.7 Å². The second-order valence-corrected chi connectivity index (χ2v) is 8.32. The van der Waals surface area contributed by atoms with Crippen molar-refractivity contribution in [3.05, 3.63) is 70.5 Å². The van der Waals surface area contributed by atoms with Crippen LogP contribution in [0.25, 0.3) is 0 Å². The number of nitrogens with one attached hydrogen (secondary N) is 1. The number of para-hydroxylation sites is 1. The molecule has 2 amide bonds. The summed E-state index contributed by atoms with van der Waals surface area (Å²) in [5.74, 6) is -0.853. The van der Waals surface area contributed by atoms with Gasteiger partial charge < -0.3 is 5.32 Å². The first-order valence-corrected chi connectivity index (χ1v) is 10.6. The minimum absolute atomic E-state index is 0.128. The van der Waals surface area contributed by atoms with Gasteiger partial charge >= 0.3 is 0 Å². The molecule has 1 atom stereocenters. The van der Waals surface area contributed by atoms with Gasteiger partial charge in [-0.05, 0) is 56.1 Å². The van der Waals surface area contributed by atoms with Gasteiger partial charge in [0.1, 0.15) is 0 Å². The molecule has 3 aromatic rings. The van der Waals surface area contributed by atoms with E-state index in [4.69, 9.17) is 11.6 Å². The van der Waals surface area contributed by atoms with E-state index in [1.165, 1.54) is 10.3 Å². The third kappa shape index (κ3) is 4.83. The second kappa shape index (κ2) is 9.32. The van der Waals surface area contributed by atoms with Crippen molar-refractivity contribution in [1.29, 1.82) is 0 Å². The van der Waals surface area contributed by atoms with Crippen molar-refractivity contribution in [3.63, 3.8) is 0 Å². The highest BCUT2D eigenvalue weighted by molar-refractivity contribution is 7.03. The zero-order valence-corrected chi connectivity index (χ0v) is 18.4. The number of carbonyl (C=O) groups excluding carboxylic acids is 2. The molecule has 0 unspecified atom stereocenters. The third-order valence-corrected chi connectivity index (χ3v) is 5.55. The highest BCUT2D eigenvalue weighted by Gasteiger charge is 2.37. The highest BCUT2D eigenvalue weighted by atomic mass is 35.5. The number of pyridine rings is 1. The lowest BCUT2D eigenvalue weighted by Gasteiger charge is -2.34. The number of aromatic nitrogens is 3. The Balaban J connectivity index is 2.17. The summed E-state index contributed by atoms with van der Waals surface area (Å²) in [7, 11) is 0. The van der Waals surface area contributed by atoms with Crippen LogP contribution in [-0.4, -0.2) is 31.9 Å². The number of amides is 2. The zero-order chi connectivity index (χ0) is 21.7. The van der Waals surface area contributed by atoms with Crippen LogP contribution in [-0.2, 0) is 4.79 Å². The molecule has 156 valence electrons. The number of carbonyl (C=O) groups is 2. The Morgan fingerprint density at radius 1 is 1.20 bits per heavy atom. The predicted molar refractivity (Wildman–Crippen MR) is 118 cm³/mol. The summed E-state index contributed by atoms with van der Waals surface area (Å²) in [6.07, 6.45) is 2.30. The first kappa shape index (κ1) is 21.9. The van der Waals surface area contributed by atoms with E-state index >= 15 is 0 Å². The van der Waals surface area contributed by atoms with Gasteiger partial charge in [0.2, 0.25) is 5.91 Å². The van der Waals surface area contributed by atoms with Crippen molar-refractivity contribution in [2.24, 2.45) is 0 Å². The summed E-state index contributed by atoms with van der Waals surface area (Å²) in [6.45, 7) is 5.83. The predicted octanol–water partition coefficient (Wildman–Crippen LogP) is 4.28. The van der Waals surface area contributed by atoms with Crippen molar-refractivity contribution < 1.29 is 9.59 Å². The number of rotatable bonds is 7. The van der Waals surface area contributed by atoms with Crippen LogP contribution >= 0.6 is 23.1 Å². The molecule has 0 aliphatic rings. The molecular formula is C21H22ClN5O2S. The van der Waals surface area contributed by atoms with Crippen LogP contribution in [0.1, 0.15) is 49.4 Å². The van der Waals surface area contributed by atoms with Gasteiger partial charge in [-0.15, -0.1) is 5.10 Å². The van der Waals surface area contributed by atoms with Crippen molar-refractivity contribution in [2.45, 2.75) is 38.8 Å². The van der Waals surface area contributed by atoms with Crippen LogP contribution < -0.4 is 10.2 Å². The Labute approximate surface area is 184 Å². The van der Waals surface area contributed by atoms with Gasteiger partial charge in [0.05, 0.1) is 16.4 Å². The first-order chi connectivity index (χ1) is 14.3. The monoisotopic (exact) mass is 443 g/mol. The van der Waals surface area contributed by atoms with Crippen molar-refractivity contribution in [2.75, 3.05) is 4.90 Å². The van der Waals surface area contributed by atoms with Crippen molar-refractivity contribution in [1.82, 2.24) is 19.9 Å². The minimum Gasteiger partial charge on any atom is -0.349 e. The van der Waals surface area contributed by atoms with Gasteiger partial charge in [-0.25, -0.2) is 0 Å². The quantitative estimate of drug-likeness (QED) is 0.588. The molecule has 0 aliphatic heterocycles. The third-order valence-electron chi connectivity index (χ3n) is 4.73. The van der Waals surface area contributed by atoms with E-state index in [0.29, 0.717) is 22.8 Å². The molecule has 0 radical (unpaired) electrons. The molecule has 3 rings (SSSR count). The molecule has 0 spiro atoms. The fraction of sp³-hybridized carbons (Fsp3) is 0.286. The maximum atomic E-state index is 13.5. The summed E-state index contributed by atoms with van der Waals surface area (Å²) in [5.41, 5.74) is 0.459. The maximum absolute atomic E-state index is 13.5. The number of hydrogen-bond acceptors (Lipinski definition) is 6. The van der Waals surface area contributed by atoms with E-state index in [1.54, 1.807) is 48.7 Å². The highest BCUT2D eigenvalue weighted by Crippen LogP contribution is 2.34. The molecule has 2 heterocycles. The van der Waals surface area contributed by atoms with E-state index in [-0.39, 0.29) is 11.6 Å². The summed E-state index contributed by atoms with van der Waals surface area (Å²) in [4.78, 5) is 32.7. The molecule has 2 aromatic heterocycles. The SMILES string of the molecule is CCC(C)(C)NC(=O)[C@@H](c1ccccn1)N(C(=O)c1csnn1)c1ccccc1Cl. The number of nitrogens with zero attached hydrogens (tertiary/aromatic N) is 4. The topological polar surface area (TPSA) is 88.1 Å². The molecule has 0 saturated heterocycles. The van der Waals surface area contributed by atoms with Crippen LogP contribution in [0.4, 0.5) is 5.69 Å². The van der Waals surface area contributed by atoms with Gasteiger partial charge in [-0.3, -0.25) is 19.5 Å². The molecule has 0 saturated carbocycles. The zero-order valence-electron chi connectivity index (χ0n) is 16.9. The Bertz CT molecular complexity index is 1010. The fourth-order valence-corrected chi connectivity index (χ4v) is 3.46. The van der Waals surface area contributed by atoms with Crippen LogP contribution in [0.2, 0.25) is 5.02 Å². The van der Waals surface area contributed by atoms with Crippen LogP contribution in [0, 0.1) is 0 Å². The number of halogens is 1. The lowest BCUT2D eigenvalue weighted by atomic mass is 10.00. The Morgan fingerprint density at radius 3 is 2.53 bits per heavy atom. The molecule has 9 heteroatoms. The molecule has 7 nitrogen and oxygen atoms in total. The van der Waals surface area contributed by atoms with Crippen molar-refractivity contribution >= 4 is 40.6 Å². The smallest absolute Gasteiger partial charge is 0.280 e. The average Bonchev–Trinajstić information content (AvgIpc) is 3.27. The second-order valence-electron chi connectivity index (χ2n) is 7.30.